The van der Waals surface area contributed by atoms with Crippen molar-refractivity contribution < 1.29 is 9.53 Å². The highest BCUT2D eigenvalue weighted by Gasteiger charge is 2.55. The summed E-state index contributed by atoms with van der Waals surface area (Å²) in [5.74, 6) is 2.32. The molecule has 0 unspecified atom stereocenters. The summed E-state index contributed by atoms with van der Waals surface area (Å²) >= 11 is 0. The van der Waals surface area contributed by atoms with Gasteiger partial charge in [-0.3, -0.25) is 14.8 Å². The predicted octanol–water partition coefficient (Wildman–Crippen LogP) is 2.74. The van der Waals surface area contributed by atoms with Crippen LogP contribution in [0.15, 0.2) is 18.6 Å². The van der Waals surface area contributed by atoms with Crippen LogP contribution in [0, 0.1) is 23.2 Å². The Morgan fingerprint density at radius 2 is 1.80 bits per heavy atom. The molecule has 106 valence electrons. The van der Waals surface area contributed by atoms with E-state index in [2.05, 4.69) is 9.97 Å². The SMILES string of the molecule is O=C(OCc1cnccn1)C12CC3CC(CC(C3)C1)C2. The number of hydrogen-bond donors (Lipinski definition) is 0. The number of hydrogen-bond acceptors (Lipinski definition) is 4. The van der Waals surface area contributed by atoms with Crippen LogP contribution in [0.4, 0.5) is 0 Å². The van der Waals surface area contributed by atoms with Crippen LogP contribution in [0.5, 0.6) is 0 Å². The van der Waals surface area contributed by atoms with Crippen LogP contribution < -0.4 is 0 Å². The number of aromatic nitrogens is 2. The highest BCUT2D eigenvalue weighted by molar-refractivity contribution is 5.77. The van der Waals surface area contributed by atoms with Gasteiger partial charge in [0.15, 0.2) is 0 Å². The van der Waals surface area contributed by atoms with Crippen molar-refractivity contribution in [3.63, 3.8) is 0 Å². The van der Waals surface area contributed by atoms with E-state index in [-0.39, 0.29) is 18.0 Å². The van der Waals surface area contributed by atoms with Crippen molar-refractivity contribution in [2.24, 2.45) is 23.2 Å². The van der Waals surface area contributed by atoms with Crippen molar-refractivity contribution >= 4 is 5.97 Å². The fourth-order valence-corrected chi connectivity index (χ4v) is 5.06. The molecule has 1 aromatic rings. The highest BCUT2D eigenvalue weighted by atomic mass is 16.5. The smallest absolute Gasteiger partial charge is 0.312 e. The molecule has 0 N–H and O–H groups in total. The second-order valence-electron chi connectivity index (χ2n) is 6.97. The molecule has 1 heterocycles. The molecule has 0 spiro atoms. The molecule has 4 fully saturated rings. The van der Waals surface area contributed by atoms with Crippen molar-refractivity contribution in [1.29, 1.82) is 0 Å². The molecule has 0 radical (unpaired) electrons. The Morgan fingerprint density at radius 3 is 2.35 bits per heavy atom. The predicted molar refractivity (Wildman–Crippen MR) is 72.4 cm³/mol. The van der Waals surface area contributed by atoms with E-state index >= 15 is 0 Å². The highest BCUT2D eigenvalue weighted by Crippen LogP contribution is 2.60. The van der Waals surface area contributed by atoms with Crippen molar-refractivity contribution in [3.8, 4) is 0 Å². The van der Waals surface area contributed by atoms with E-state index in [1.165, 1.54) is 19.3 Å². The number of nitrogens with zero attached hydrogens (tertiary/aromatic N) is 2. The summed E-state index contributed by atoms with van der Waals surface area (Å²) in [5, 5.41) is 0. The second-order valence-corrected chi connectivity index (χ2v) is 6.97. The minimum absolute atomic E-state index is 0.0160. The van der Waals surface area contributed by atoms with Crippen LogP contribution in [-0.4, -0.2) is 15.9 Å². The van der Waals surface area contributed by atoms with Crippen molar-refractivity contribution in [1.82, 2.24) is 9.97 Å². The first-order valence-corrected chi connectivity index (χ1v) is 7.66. The van der Waals surface area contributed by atoms with Gasteiger partial charge >= 0.3 is 5.97 Å². The van der Waals surface area contributed by atoms with Gasteiger partial charge in [-0.15, -0.1) is 0 Å². The maximum absolute atomic E-state index is 12.6. The number of esters is 1. The first-order chi connectivity index (χ1) is 9.73. The summed E-state index contributed by atoms with van der Waals surface area (Å²) in [7, 11) is 0. The average Bonchev–Trinajstić information content (AvgIpc) is 2.44. The van der Waals surface area contributed by atoms with Gasteiger partial charge in [-0.25, -0.2) is 0 Å². The Balaban J connectivity index is 1.46. The van der Waals surface area contributed by atoms with Crippen LogP contribution >= 0.6 is 0 Å². The molecule has 4 aliphatic carbocycles. The third-order valence-corrected chi connectivity index (χ3v) is 5.44. The van der Waals surface area contributed by atoms with Crippen molar-refractivity contribution in [2.75, 3.05) is 0 Å². The van der Waals surface area contributed by atoms with Crippen molar-refractivity contribution in [3.05, 3.63) is 24.3 Å². The number of rotatable bonds is 3. The van der Waals surface area contributed by atoms with E-state index in [4.69, 9.17) is 4.74 Å². The Morgan fingerprint density at radius 1 is 1.15 bits per heavy atom. The number of ether oxygens (including phenoxy) is 1. The quantitative estimate of drug-likeness (QED) is 0.794. The Kier molecular flexibility index (Phi) is 2.79. The van der Waals surface area contributed by atoms with Gasteiger partial charge in [-0.2, -0.15) is 0 Å². The van der Waals surface area contributed by atoms with Gasteiger partial charge in [0.25, 0.3) is 0 Å². The zero-order valence-corrected chi connectivity index (χ0v) is 11.6. The standard InChI is InChI=1S/C16H20N2O2/c19-15(20-10-14-9-17-1-2-18-14)16-6-11-3-12(7-16)5-13(4-11)8-16/h1-2,9,11-13H,3-8,10H2. The van der Waals surface area contributed by atoms with E-state index in [0.29, 0.717) is 0 Å². The van der Waals surface area contributed by atoms with Crippen LogP contribution in [0.2, 0.25) is 0 Å². The van der Waals surface area contributed by atoms with Gasteiger partial charge in [0.1, 0.15) is 6.61 Å². The summed E-state index contributed by atoms with van der Waals surface area (Å²) < 4.78 is 5.57. The van der Waals surface area contributed by atoms with Crippen LogP contribution in [-0.2, 0) is 16.1 Å². The molecule has 0 amide bonds. The molecule has 20 heavy (non-hydrogen) atoms. The molecule has 4 saturated carbocycles. The van der Waals surface area contributed by atoms with Gasteiger partial charge in [0.2, 0.25) is 0 Å². The minimum atomic E-state index is -0.170. The third kappa shape index (κ3) is 2.02. The molecule has 5 rings (SSSR count). The monoisotopic (exact) mass is 272 g/mol. The van der Waals surface area contributed by atoms with E-state index in [9.17, 15) is 4.79 Å². The maximum Gasteiger partial charge on any atom is 0.312 e. The Bertz CT molecular complexity index is 479. The van der Waals surface area contributed by atoms with Crippen LogP contribution in [0.3, 0.4) is 0 Å². The molecule has 4 nitrogen and oxygen atoms in total. The summed E-state index contributed by atoms with van der Waals surface area (Å²) in [6.07, 6.45) is 12.1. The summed E-state index contributed by atoms with van der Waals surface area (Å²) in [6, 6.07) is 0. The molecule has 1 aromatic heterocycles. The Hall–Kier alpha value is -1.45. The Labute approximate surface area is 119 Å². The maximum atomic E-state index is 12.6. The first kappa shape index (κ1) is 12.3. The molecule has 0 aliphatic heterocycles. The fourth-order valence-electron chi connectivity index (χ4n) is 5.06. The topological polar surface area (TPSA) is 52.1 Å². The van der Waals surface area contributed by atoms with Crippen molar-refractivity contribution in [2.45, 2.75) is 45.1 Å². The lowest BCUT2D eigenvalue weighted by atomic mass is 9.49. The molecular weight excluding hydrogens is 252 g/mol. The van der Waals surface area contributed by atoms with Crippen LogP contribution in [0.25, 0.3) is 0 Å². The molecule has 0 saturated heterocycles. The normalized spacial score (nSPS) is 37.9. The van der Waals surface area contributed by atoms with Gasteiger partial charge in [-0.05, 0) is 56.3 Å². The second kappa shape index (κ2) is 4.54. The van der Waals surface area contributed by atoms with Gasteiger partial charge in [0.05, 0.1) is 17.3 Å². The zero-order valence-electron chi connectivity index (χ0n) is 11.6. The van der Waals surface area contributed by atoms with Gasteiger partial charge in [0, 0.05) is 12.4 Å². The summed E-state index contributed by atoms with van der Waals surface area (Å²) in [6.45, 7) is 0.258. The van der Waals surface area contributed by atoms with E-state index in [0.717, 1.165) is 42.7 Å². The van der Waals surface area contributed by atoms with E-state index in [1.54, 1.807) is 18.6 Å². The molecule has 4 heteroatoms. The van der Waals surface area contributed by atoms with E-state index < -0.39 is 0 Å². The van der Waals surface area contributed by atoms with E-state index in [1.807, 2.05) is 0 Å². The van der Waals surface area contributed by atoms with Gasteiger partial charge in [-0.1, -0.05) is 0 Å². The fraction of sp³-hybridized carbons (Fsp3) is 0.688. The molecule has 4 bridgehead atoms. The lowest BCUT2D eigenvalue weighted by Gasteiger charge is -2.55. The molecule has 4 aliphatic rings. The largest absolute Gasteiger partial charge is 0.459 e. The number of carbonyl (C=O) groups is 1. The molecular formula is C16H20N2O2. The number of carbonyl (C=O) groups excluding carboxylic acids is 1. The lowest BCUT2D eigenvalue weighted by molar-refractivity contribution is -0.173. The molecule has 0 aromatic carbocycles. The minimum Gasteiger partial charge on any atom is -0.459 e. The zero-order chi connectivity index (χ0) is 13.6. The summed E-state index contributed by atoms with van der Waals surface area (Å²) in [5.41, 5.74) is 0.558. The first-order valence-electron chi connectivity index (χ1n) is 7.66. The van der Waals surface area contributed by atoms with Crippen LogP contribution in [0.1, 0.15) is 44.2 Å². The third-order valence-electron chi connectivity index (χ3n) is 5.44. The average molecular weight is 272 g/mol. The summed E-state index contributed by atoms with van der Waals surface area (Å²) in [4.78, 5) is 20.8. The lowest BCUT2D eigenvalue weighted by Crippen LogP contribution is -2.50. The molecule has 0 atom stereocenters. The van der Waals surface area contributed by atoms with Gasteiger partial charge < -0.3 is 4.74 Å².